The molecule has 22 heavy (non-hydrogen) atoms. The number of fused-ring (bicyclic) bond motifs is 5. The van der Waals surface area contributed by atoms with Crippen molar-refractivity contribution < 1.29 is 24.1 Å². The highest BCUT2D eigenvalue weighted by Gasteiger charge is 2.42. The van der Waals surface area contributed by atoms with Crippen LogP contribution >= 0.6 is 0 Å². The summed E-state index contributed by atoms with van der Waals surface area (Å²) in [6.45, 7) is 0.504. The average Bonchev–Trinajstić information content (AvgIpc) is 2.92. The Balaban J connectivity index is 1.82. The predicted octanol–water partition coefficient (Wildman–Crippen LogP) is 3.02. The SMILES string of the molecule is COc1ccc2c(c1OC)O[C@@H]1c3ccc(O)cc3OC[C@H]21. The predicted molar refractivity (Wildman–Crippen MR) is 79.3 cm³/mol. The quantitative estimate of drug-likeness (QED) is 0.924. The van der Waals surface area contributed by atoms with Crippen molar-refractivity contribution in [3.05, 3.63) is 41.5 Å². The molecule has 5 nitrogen and oxygen atoms in total. The highest BCUT2D eigenvalue weighted by atomic mass is 16.5. The highest BCUT2D eigenvalue weighted by molar-refractivity contribution is 5.61. The number of phenols is 1. The maximum absolute atomic E-state index is 9.60. The van der Waals surface area contributed by atoms with Crippen LogP contribution in [-0.2, 0) is 0 Å². The minimum absolute atomic E-state index is 0.104. The van der Waals surface area contributed by atoms with Crippen molar-refractivity contribution in [1.82, 2.24) is 0 Å². The first-order valence-corrected chi connectivity index (χ1v) is 7.10. The van der Waals surface area contributed by atoms with Gasteiger partial charge in [-0.3, -0.25) is 0 Å². The van der Waals surface area contributed by atoms with E-state index in [0.717, 1.165) is 11.1 Å². The third-order valence-corrected chi connectivity index (χ3v) is 4.26. The summed E-state index contributed by atoms with van der Waals surface area (Å²) >= 11 is 0. The number of phenolic OH excluding ortho intramolecular Hbond substituents is 1. The smallest absolute Gasteiger partial charge is 0.203 e. The average molecular weight is 300 g/mol. The Hall–Kier alpha value is -2.56. The van der Waals surface area contributed by atoms with E-state index in [1.54, 1.807) is 26.4 Å². The Morgan fingerprint density at radius 2 is 1.91 bits per heavy atom. The number of ether oxygens (including phenoxy) is 4. The number of hydrogen-bond acceptors (Lipinski definition) is 5. The molecular formula is C17H16O5. The molecule has 0 bridgehead atoms. The van der Waals surface area contributed by atoms with E-state index in [1.165, 1.54) is 0 Å². The highest BCUT2D eigenvalue weighted by Crippen LogP contribution is 2.56. The second-order valence-electron chi connectivity index (χ2n) is 5.40. The standard InChI is InChI=1S/C17H16O5/c1-19-13-6-5-10-12-8-21-14-7-9(18)3-4-11(14)15(12)22-16(10)17(13)20-2/h3-7,12,15,18H,8H2,1-2H3/t12-,15-/m1/s1. The van der Waals surface area contributed by atoms with Crippen molar-refractivity contribution in [2.24, 2.45) is 0 Å². The normalized spacial score (nSPS) is 21.0. The Morgan fingerprint density at radius 1 is 1.09 bits per heavy atom. The van der Waals surface area contributed by atoms with Gasteiger partial charge in [-0.25, -0.2) is 0 Å². The molecule has 2 atom stereocenters. The van der Waals surface area contributed by atoms with Gasteiger partial charge in [0.25, 0.3) is 0 Å². The fourth-order valence-electron chi connectivity index (χ4n) is 3.22. The number of rotatable bonds is 2. The molecule has 0 unspecified atom stereocenters. The first-order valence-electron chi connectivity index (χ1n) is 7.10. The molecule has 0 amide bonds. The van der Waals surface area contributed by atoms with Gasteiger partial charge in [0.2, 0.25) is 5.75 Å². The van der Waals surface area contributed by atoms with Crippen LogP contribution < -0.4 is 18.9 Å². The molecule has 0 aliphatic carbocycles. The number of aromatic hydroxyl groups is 1. The van der Waals surface area contributed by atoms with E-state index in [2.05, 4.69) is 0 Å². The minimum Gasteiger partial charge on any atom is -0.508 e. The van der Waals surface area contributed by atoms with Gasteiger partial charge in [-0.05, 0) is 18.2 Å². The molecule has 0 spiro atoms. The van der Waals surface area contributed by atoms with Crippen molar-refractivity contribution in [3.8, 4) is 28.7 Å². The second-order valence-corrected chi connectivity index (χ2v) is 5.40. The Morgan fingerprint density at radius 3 is 2.68 bits per heavy atom. The van der Waals surface area contributed by atoms with E-state index in [4.69, 9.17) is 18.9 Å². The van der Waals surface area contributed by atoms with E-state index < -0.39 is 0 Å². The van der Waals surface area contributed by atoms with Crippen LogP contribution in [0.5, 0.6) is 28.7 Å². The molecule has 2 aliphatic heterocycles. The van der Waals surface area contributed by atoms with E-state index in [9.17, 15) is 5.11 Å². The monoisotopic (exact) mass is 300 g/mol. The Kier molecular flexibility index (Phi) is 2.82. The summed E-state index contributed by atoms with van der Waals surface area (Å²) in [4.78, 5) is 0. The molecule has 114 valence electrons. The molecule has 0 radical (unpaired) electrons. The molecule has 2 aromatic carbocycles. The zero-order valence-electron chi connectivity index (χ0n) is 12.3. The molecule has 0 aromatic heterocycles. The lowest BCUT2D eigenvalue weighted by atomic mass is 9.89. The van der Waals surface area contributed by atoms with Gasteiger partial charge < -0.3 is 24.1 Å². The second kappa shape index (κ2) is 4.73. The van der Waals surface area contributed by atoms with Gasteiger partial charge >= 0.3 is 0 Å². The van der Waals surface area contributed by atoms with E-state index in [-0.39, 0.29) is 17.8 Å². The van der Waals surface area contributed by atoms with Gasteiger partial charge in [-0.2, -0.15) is 0 Å². The molecule has 2 heterocycles. The third-order valence-electron chi connectivity index (χ3n) is 4.26. The van der Waals surface area contributed by atoms with Crippen LogP contribution in [0.2, 0.25) is 0 Å². The third kappa shape index (κ3) is 1.71. The van der Waals surface area contributed by atoms with Crippen LogP contribution in [0.3, 0.4) is 0 Å². The fraction of sp³-hybridized carbons (Fsp3) is 0.294. The Labute approximate surface area is 128 Å². The summed E-state index contributed by atoms with van der Waals surface area (Å²) in [5.41, 5.74) is 1.99. The number of benzene rings is 2. The van der Waals surface area contributed by atoms with Crippen LogP contribution in [0.15, 0.2) is 30.3 Å². The largest absolute Gasteiger partial charge is 0.508 e. The maximum Gasteiger partial charge on any atom is 0.203 e. The lowest BCUT2D eigenvalue weighted by Gasteiger charge is -2.27. The van der Waals surface area contributed by atoms with Crippen molar-refractivity contribution >= 4 is 0 Å². The van der Waals surface area contributed by atoms with Crippen LogP contribution in [0.25, 0.3) is 0 Å². The first kappa shape index (κ1) is 13.1. The van der Waals surface area contributed by atoms with Gasteiger partial charge in [0.05, 0.1) is 26.7 Å². The summed E-state index contributed by atoms with van der Waals surface area (Å²) in [6.07, 6.45) is -0.139. The van der Waals surface area contributed by atoms with Crippen molar-refractivity contribution in [2.75, 3.05) is 20.8 Å². The summed E-state index contributed by atoms with van der Waals surface area (Å²) in [6, 6.07) is 8.99. The summed E-state index contributed by atoms with van der Waals surface area (Å²) in [5, 5.41) is 9.60. The zero-order valence-corrected chi connectivity index (χ0v) is 12.3. The zero-order chi connectivity index (χ0) is 15.3. The number of methoxy groups -OCH3 is 2. The van der Waals surface area contributed by atoms with Gasteiger partial charge in [0.1, 0.15) is 17.6 Å². The molecule has 0 fully saturated rings. The first-order chi connectivity index (χ1) is 10.7. The minimum atomic E-state index is -0.139. The van der Waals surface area contributed by atoms with Gasteiger partial charge in [-0.15, -0.1) is 0 Å². The molecule has 4 rings (SSSR count). The van der Waals surface area contributed by atoms with Crippen molar-refractivity contribution in [3.63, 3.8) is 0 Å². The molecule has 2 aromatic rings. The molecule has 0 saturated carbocycles. The lowest BCUT2D eigenvalue weighted by molar-refractivity contribution is 0.136. The van der Waals surface area contributed by atoms with Crippen LogP contribution in [0.4, 0.5) is 0 Å². The van der Waals surface area contributed by atoms with E-state index in [0.29, 0.717) is 29.6 Å². The van der Waals surface area contributed by atoms with Crippen LogP contribution in [0.1, 0.15) is 23.1 Å². The molecule has 5 heteroatoms. The summed E-state index contributed by atoms with van der Waals surface area (Å²) < 4.78 is 22.8. The molecule has 0 saturated heterocycles. The number of hydrogen-bond donors (Lipinski definition) is 1. The maximum atomic E-state index is 9.60. The lowest BCUT2D eigenvalue weighted by Crippen LogP contribution is -2.22. The molecule has 1 N–H and O–H groups in total. The van der Waals surface area contributed by atoms with Gasteiger partial charge in [0, 0.05) is 17.2 Å². The van der Waals surface area contributed by atoms with Crippen molar-refractivity contribution in [2.45, 2.75) is 12.0 Å². The van der Waals surface area contributed by atoms with E-state index in [1.807, 2.05) is 18.2 Å². The van der Waals surface area contributed by atoms with Crippen LogP contribution in [-0.4, -0.2) is 25.9 Å². The topological polar surface area (TPSA) is 57.2 Å². The molecular weight excluding hydrogens is 284 g/mol. The molecule has 2 aliphatic rings. The fourth-order valence-corrected chi connectivity index (χ4v) is 3.22. The van der Waals surface area contributed by atoms with Gasteiger partial charge in [-0.1, -0.05) is 6.07 Å². The van der Waals surface area contributed by atoms with Crippen LogP contribution in [0, 0.1) is 0 Å². The van der Waals surface area contributed by atoms with Crippen molar-refractivity contribution in [1.29, 1.82) is 0 Å². The Bertz CT molecular complexity index is 740. The summed E-state index contributed by atoms with van der Waals surface area (Å²) in [5.74, 6) is 2.92. The van der Waals surface area contributed by atoms with Gasteiger partial charge in [0.15, 0.2) is 11.5 Å². The van der Waals surface area contributed by atoms with E-state index >= 15 is 0 Å². The summed E-state index contributed by atoms with van der Waals surface area (Å²) in [7, 11) is 3.21.